The molecule has 0 aliphatic rings. The maximum atomic E-state index is 6.51. The van der Waals surface area contributed by atoms with Crippen molar-refractivity contribution in [2.45, 2.75) is 0 Å². The standard InChI is InChI=1S/C49H29N3O2/c1-3-12-30(13-4-1)32-22-23-34-27-35(25-24-33(34)26-32)47-50-48(52-49(51-47)39-18-11-21-43-45(39)37-16-7-9-19-41(37)53-43)36-28-40(31-14-5-2-6-15-31)46-38-17-8-10-20-42(38)54-44(46)29-36/h1-29H. The van der Waals surface area contributed by atoms with Crippen molar-refractivity contribution in [1.82, 2.24) is 15.0 Å². The summed E-state index contributed by atoms with van der Waals surface area (Å²) in [6.07, 6.45) is 0. The molecule has 5 nitrogen and oxygen atoms in total. The zero-order valence-corrected chi connectivity index (χ0v) is 28.9. The Kier molecular flexibility index (Phi) is 6.79. The quantitative estimate of drug-likeness (QED) is 0.180. The van der Waals surface area contributed by atoms with Crippen molar-refractivity contribution in [3.63, 3.8) is 0 Å². The highest BCUT2D eigenvalue weighted by Gasteiger charge is 2.20. The first-order valence-electron chi connectivity index (χ1n) is 18.0. The molecule has 0 amide bonds. The van der Waals surface area contributed by atoms with Gasteiger partial charge in [0.15, 0.2) is 17.5 Å². The van der Waals surface area contributed by atoms with Gasteiger partial charge in [0.25, 0.3) is 0 Å². The molecular formula is C49H29N3O2. The average molecular weight is 692 g/mol. The van der Waals surface area contributed by atoms with Crippen molar-refractivity contribution in [1.29, 1.82) is 0 Å². The molecule has 54 heavy (non-hydrogen) atoms. The van der Waals surface area contributed by atoms with Crippen LogP contribution in [0.5, 0.6) is 0 Å². The van der Waals surface area contributed by atoms with E-state index in [-0.39, 0.29) is 0 Å². The first-order chi connectivity index (χ1) is 26.7. The zero-order valence-electron chi connectivity index (χ0n) is 28.9. The Labute approximate surface area is 309 Å². The van der Waals surface area contributed by atoms with Crippen LogP contribution in [-0.2, 0) is 0 Å². The van der Waals surface area contributed by atoms with Crippen LogP contribution in [0.4, 0.5) is 0 Å². The van der Waals surface area contributed by atoms with Crippen LogP contribution in [0.2, 0.25) is 0 Å². The molecule has 0 unspecified atom stereocenters. The summed E-state index contributed by atoms with van der Waals surface area (Å²) in [5.41, 5.74) is 10.3. The normalized spacial score (nSPS) is 11.7. The van der Waals surface area contributed by atoms with Gasteiger partial charge in [-0.2, -0.15) is 0 Å². The van der Waals surface area contributed by atoms with Crippen LogP contribution in [0, 0.1) is 0 Å². The molecule has 3 heterocycles. The second kappa shape index (κ2) is 12.1. The summed E-state index contributed by atoms with van der Waals surface area (Å²) in [6.45, 7) is 0. The lowest BCUT2D eigenvalue weighted by atomic mass is 9.96. The van der Waals surface area contributed by atoms with Crippen LogP contribution >= 0.6 is 0 Å². The highest BCUT2D eigenvalue weighted by Crippen LogP contribution is 2.41. The van der Waals surface area contributed by atoms with E-state index in [2.05, 4.69) is 121 Å². The third-order valence-corrected chi connectivity index (χ3v) is 10.3. The van der Waals surface area contributed by atoms with Gasteiger partial charge in [-0.05, 0) is 75.5 Å². The van der Waals surface area contributed by atoms with Gasteiger partial charge >= 0.3 is 0 Å². The van der Waals surface area contributed by atoms with Crippen LogP contribution in [0.25, 0.3) is 111 Å². The molecule has 252 valence electrons. The molecule has 0 bridgehead atoms. The van der Waals surface area contributed by atoms with E-state index in [1.807, 2.05) is 54.6 Å². The molecule has 0 fully saturated rings. The minimum Gasteiger partial charge on any atom is -0.456 e. The smallest absolute Gasteiger partial charge is 0.164 e. The number of nitrogens with zero attached hydrogens (tertiary/aromatic N) is 3. The van der Waals surface area contributed by atoms with E-state index in [4.69, 9.17) is 23.8 Å². The van der Waals surface area contributed by atoms with E-state index in [9.17, 15) is 0 Å². The van der Waals surface area contributed by atoms with E-state index >= 15 is 0 Å². The van der Waals surface area contributed by atoms with Crippen molar-refractivity contribution < 1.29 is 8.83 Å². The second-order valence-corrected chi connectivity index (χ2v) is 13.6. The Morgan fingerprint density at radius 3 is 1.56 bits per heavy atom. The molecule has 5 heteroatoms. The molecule has 11 aromatic rings. The lowest BCUT2D eigenvalue weighted by molar-refractivity contribution is 0.668. The minimum absolute atomic E-state index is 0.555. The van der Waals surface area contributed by atoms with Gasteiger partial charge in [-0.15, -0.1) is 0 Å². The van der Waals surface area contributed by atoms with Crippen LogP contribution in [-0.4, -0.2) is 15.0 Å². The number of aromatic nitrogens is 3. The van der Waals surface area contributed by atoms with Gasteiger partial charge in [0.05, 0.1) is 0 Å². The van der Waals surface area contributed by atoms with Crippen molar-refractivity contribution >= 4 is 54.6 Å². The first-order valence-corrected chi connectivity index (χ1v) is 18.0. The van der Waals surface area contributed by atoms with Gasteiger partial charge in [0.1, 0.15) is 22.3 Å². The molecule has 0 N–H and O–H groups in total. The van der Waals surface area contributed by atoms with Gasteiger partial charge in [-0.3, -0.25) is 0 Å². The zero-order chi connectivity index (χ0) is 35.6. The number of rotatable bonds is 5. The highest BCUT2D eigenvalue weighted by molar-refractivity contribution is 6.14. The maximum Gasteiger partial charge on any atom is 0.164 e. The fourth-order valence-corrected chi connectivity index (χ4v) is 7.74. The number of furan rings is 2. The van der Waals surface area contributed by atoms with E-state index in [1.165, 1.54) is 11.1 Å². The third kappa shape index (κ3) is 4.98. The number of benzene rings is 8. The van der Waals surface area contributed by atoms with Gasteiger partial charge in [-0.25, -0.2) is 15.0 Å². The fourth-order valence-electron chi connectivity index (χ4n) is 7.74. The van der Waals surface area contributed by atoms with E-state index in [0.717, 1.165) is 82.5 Å². The third-order valence-electron chi connectivity index (χ3n) is 10.3. The molecule has 0 spiro atoms. The number of fused-ring (bicyclic) bond motifs is 7. The monoisotopic (exact) mass is 691 g/mol. The highest BCUT2D eigenvalue weighted by atomic mass is 16.3. The SMILES string of the molecule is c1ccc(-c2ccc3cc(-c4nc(-c5cc(-c6ccccc6)c6c(c5)oc5ccccc56)nc(-c5cccc6oc7ccccc7c56)n4)ccc3c2)cc1. The Morgan fingerprint density at radius 1 is 0.296 bits per heavy atom. The Morgan fingerprint density at radius 2 is 0.833 bits per heavy atom. The maximum absolute atomic E-state index is 6.51. The Balaban J connectivity index is 1.15. The second-order valence-electron chi connectivity index (χ2n) is 13.6. The summed E-state index contributed by atoms with van der Waals surface area (Å²) in [4.78, 5) is 15.6. The predicted molar refractivity (Wildman–Crippen MR) is 219 cm³/mol. The average Bonchev–Trinajstić information content (AvgIpc) is 3.82. The van der Waals surface area contributed by atoms with Gasteiger partial charge in [0, 0.05) is 38.2 Å². The van der Waals surface area contributed by atoms with Gasteiger partial charge in [-0.1, -0.05) is 133 Å². The number of hydrogen-bond acceptors (Lipinski definition) is 5. The van der Waals surface area contributed by atoms with Crippen LogP contribution in [0.3, 0.4) is 0 Å². The van der Waals surface area contributed by atoms with Crippen molar-refractivity contribution in [3.05, 3.63) is 176 Å². The predicted octanol–water partition coefficient (Wildman–Crippen LogP) is 13.2. The molecule has 0 radical (unpaired) electrons. The summed E-state index contributed by atoms with van der Waals surface area (Å²) < 4.78 is 12.8. The molecule has 11 rings (SSSR count). The number of para-hydroxylation sites is 2. The van der Waals surface area contributed by atoms with Crippen molar-refractivity contribution in [2.75, 3.05) is 0 Å². The summed E-state index contributed by atoms with van der Waals surface area (Å²) in [5.74, 6) is 1.70. The lowest BCUT2D eigenvalue weighted by Gasteiger charge is -2.12. The molecule has 0 saturated carbocycles. The number of hydrogen-bond donors (Lipinski definition) is 0. The minimum atomic E-state index is 0.555. The molecular weight excluding hydrogens is 663 g/mol. The van der Waals surface area contributed by atoms with Gasteiger partial charge in [0.2, 0.25) is 0 Å². The Hall–Kier alpha value is -7.37. The first kappa shape index (κ1) is 30.3. The van der Waals surface area contributed by atoms with Crippen LogP contribution in [0.1, 0.15) is 0 Å². The van der Waals surface area contributed by atoms with E-state index < -0.39 is 0 Å². The molecule has 0 aliphatic carbocycles. The van der Waals surface area contributed by atoms with Gasteiger partial charge < -0.3 is 8.83 Å². The van der Waals surface area contributed by atoms with E-state index in [1.54, 1.807) is 0 Å². The van der Waals surface area contributed by atoms with Crippen LogP contribution in [0.15, 0.2) is 185 Å². The molecule has 0 atom stereocenters. The molecule has 0 saturated heterocycles. The molecule has 3 aromatic heterocycles. The largest absolute Gasteiger partial charge is 0.456 e. The lowest BCUT2D eigenvalue weighted by Crippen LogP contribution is -2.01. The molecule has 0 aliphatic heterocycles. The summed E-state index contributed by atoms with van der Waals surface area (Å²) in [6, 6.07) is 60.5. The molecule has 8 aromatic carbocycles. The summed E-state index contributed by atoms with van der Waals surface area (Å²) >= 11 is 0. The summed E-state index contributed by atoms with van der Waals surface area (Å²) in [5, 5.41) is 6.37. The van der Waals surface area contributed by atoms with E-state index in [0.29, 0.717) is 17.5 Å². The Bertz CT molecular complexity index is 3220. The van der Waals surface area contributed by atoms with Crippen LogP contribution < -0.4 is 0 Å². The van der Waals surface area contributed by atoms with Crippen molar-refractivity contribution in [3.8, 4) is 56.4 Å². The topological polar surface area (TPSA) is 65.0 Å². The fraction of sp³-hybridized carbons (Fsp3) is 0. The van der Waals surface area contributed by atoms with Crippen molar-refractivity contribution in [2.24, 2.45) is 0 Å². The summed E-state index contributed by atoms with van der Waals surface area (Å²) in [7, 11) is 0.